The average Bonchev–Trinajstić information content (AvgIpc) is 2.44. The maximum absolute atomic E-state index is 3.73. The molecular formula is C16H27BrN2S. The highest BCUT2D eigenvalue weighted by molar-refractivity contribution is 9.10. The standard InChI is InChI=1S/C16H27BrN2S/c1-6-9-18-13(3)14-7-8-16(15(17)10-14)19(4)12(2)11-20-5/h7-8,10,12-13,18H,6,9,11H2,1-5H3. The van der Waals surface area contributed by atoms with Gasteiger partial charge in [0.05, 0.1) is 5.69 Å². The maximum Gasteiger partial charge on any atom is 0.0510 e. The maximum atomic E-state index is 3.73. The van der Waals surface area contributed by atoms with Crippen molar-refractivity contribution in [2.75, 3.05) is 30.5 Å². The predicted octanol–water partition coefficient (Wildman–Crippen LogP) is 4.70. The Morgan fingerprint density at radius 3 is 2.60 bits per heavy atom. The van der Waals surface area contributed by atoms with E-state index in [0.717, 1.165) is 12.3 Å². The van der Waals surface area contributed by atoms with Crippen LogP contribution in [0.1, 0.15) is 38.8 Å². The van der Waals surface area contributed by atoms with Crippen LogP contribution in [0.2, 0.25) is 0 Å². The molecule has 114 valence electrons. The zero-order valence-electron chi connectivity index (χ0n) is 13.2. The second kappa shape index (κ2) is 8.96. The van der Waals surface area contributed by atoms with Crippen molar-refractivity contribution in [1.29, 1.82) is 0 Å². The van der Waals surface area contributed by atoms with Gasteiger partial charge in [0, 0.05) is 29.4 Å². The van der Waals surface area contributed by atoms with Crippen LogP contribution in [-0.2, 0) is 0 Å². The zero-order chi connectivity index (χ0) is 15.1. The summed E-state index contributed by atoms with van der Waals surface area (Å²) in [6.45, 7) is 7.74. The van der Waals surface area contributed by atoms with Crippen molar-refractivity contribution >= 4 is 33.4 Å². The van der Waals surface area contributed by atoms with Gasteiger partial charge in [0.1, 0.15) is 0 Å². The molecule has 0 radical (unpaired) electrons. The minimum Gasteiger partial charge on any atom is -0.370 e. The predicted molar refractivity (Wildman–Crippen MR) is 97.1 cm³/mol. The number of nitrogens with one attached hydrogen (secondary N) is 1. The summed E-state index contributed by atoms with van der Waals surface area (Å²) in [6, 6.07) is 7.62. The van der Waals surface area contributed by atoms with Crippen molar-refractivity contribution in [3.05, 3.63) is 28.2 Å². The Labute approximate surface area is 136 Å². The molecule has 4 heteroatoms. The Balaban J connectivity index is 2.82. The molecule has 0 fully saturated rings. The average molecular weight is 359 g/mol. The number of benzene rings is 1. The molecule has 0 aliphatic heterocycles. The molecule has 0 heterocycles. The van der Waals surface area contributed by atoms with Crippen LogP contribution >= 0.6 is 27.7 Å². The van der Waals surface area contributed by atoms with E-state index in [-0.39, 0.29) is 0 Å². The van der Waals surface area contributed by atoms with Crippen LogP contribution in [0.3, 0.4) is 0 Å². The molecule has 20 heavy (non-hydrogen) atoms. The molecule has 0 aromatic heterocycles. The molecule has 2 nitrogen and oxygen atoms in total. The lowest BCUT2D eigenvalue weighted by atomic mass is 10.1. The molecule has 1 rings (SSSR count). The van der Waals surface area contributed by atoms with Crippen LogP contribution in [0.25, 0.3) is 0 Å². The molecule has 2 atom stereocenters. The van der Waals surface area contributed by atoms with Crippen LogP contribution in [0.15, 0.2) is 22.7 Å². The van der Waals surface area contributed by atoms with E-state index in [1.807, 2.05) is 11.8 Å². The van der Waals surface area contributed by atoms with Crippen molar-refractivity contribution in [2.45, 2.75) is 39.3 Å². The number of hydrogen-bond donors (Lipinski definition) is 1. The quantitative estimate of drug-likeness (QED) is 0.724. The van der Waals surface area contributed by atoms with E-state index in [1.165, 1.54) is 22.1 Å². The van der Waals surface area contributed by atoms with Gasteiger partial charge in [-0.2, -0.15) is 11.8 Å². The van der Waals surface area contributed by atoms with Gasteiger partial charge in [0.2, 0.25) is 0 Å². The first-order valence-electron chi connectivity index (χ1n) is 7.25. The summed E-state index contributed by atoms with van der Waals surface area (Å²) in [7, 11) is 2.17. The van der Waals surface area contributed by atoms with E-state index in [4.69, 9.17) is 0 Å². The summed E-state index contributed by atoms with van der Waals surface area (Å²) in [5.41, 5.74) is 2.60. The third-order valence-corrected chi connectivity index (χ3v) is 5.07. The second-order valence-corrected chi connectivity index (χ2v) is 7.07. The van der Waals surface area contributed by atoms with E-state index in [2.05, 4.69) is 78.4 Å². The van der Waals surface area contributed by atoms with Crippen LogP contribution < -0.4 is 10.2 Å². The Morgan fingerprint density at radius 1 is 1.35 bits per heavy atom. The first-order valence-corrected chi connectivity index (χ1v) is 9.44. The Morgan fingerprint density at radius 2 is 2.05 bits per heavy atom. The molecule has 0 saturated heterocycles. The fourth-order valence-electron chi connectivity index (χ4n) is 2.15. The third kappa shape index (κ3) is 4.97. The minimum absolute atomic E-state index is 0.397. The molecule has 0 aliphatic rings. The summed E-state index contributed by atoms with van der Waals surface area (Å²) >= 11 is 5.62. The van der Waals surface area contributed by atoms with Gasteiger partial charge in [-0.15, -0.1) is 0 Å². The summed E-state index contributed by atoms with van der Waals surface area (Å²) < 4.78 is 1.18. The highest BCUT2D eigenvalue weighted by Gasteiger charge is 2.14. The lowest BCUT2D eigenvalue weighted by Gasteiger charge is -2.28. The van der Waals surface area contributed by atoms with Gasteiger partial charge in [-0.3, -0.25) is 0 Å². The highest BCUT2D eigenvalue weighted by atomic mass is 79.9. The molecule has 1 N–H and O–H groups in total. The largest absolute Gasteiger partial charge is 0.370 e. The summed E-state index contributed by atoms with van der Waals surface area (Å²) in [5.74, 6) is 1.14. The molecule has 0 amide bonds. The molecule has 0 aliphatic carbocycles. The number of anilines is 1. The van der Waals surface area contributed by atoms with E-state index in [1.54, 1.807) is 0 Å². The number of halogens is 1. The van der Waals surface area contributed by atoms with Crippen LogP contribution in [-0.4, -0.2) is 31.6 Å². The van der Waals surface area contributed by atoms with Gasteiger partial charge in [0.15, 0.2) is 0 Å². The number of hydrogen-bond acceptors (Lipinski definition) is 3. The first kappa shape index (κ1) is 17.9. The summed E-state index contributed by atoms with van der Waals surface area (Å²) in [5, 5.41) is 3.53. The van der Waals surface area contributed by atoms with Crippen molar-refractivity contribution in [3.8, 4) is 0 Å². The van der Waals surface area contributed by atoms with Gasteiger partial charge in [0.25, 0.3) is 0 Å². The minimum atomic E-state index is 0.397. The van der Waals surface area contributed by atoms with Crippen molar-refractivity contribution < 1.29 is 0 Å². The van der Waals surface area contributed by atoms with Gasteiger partial charge in [-0.25, -0.2) is 0 Å². The zero-order valence-corrected chi connectivity index (χ0v) is 15.6. The molecule has 0 saturated carbocycles. The van der Waals surface area contributed by atoms with Gasteiger partial charge >= 0.3 is 0 Å². The molecule has 2 unspecified atom stereocenters. The van der Waals surface area contributed by atoms with Gasteiger partial charge in [-0.05, 0) is 66.7 Å². The molecular weight excluding hydrogens is 332 g/mol. The molecule has 1 aromatic carbocycles. The topological polar surface area (TPSA) is 15.3 Å². The second-order valence-electron chi connectivity index (χ2n) is 5.30. The van der Waals surface area contributed by atoms with Crippen molar-refractivity contribution in [3.63, 3.8) is 0 Å². The third-order valence-electron chi connectivity index (χ3n) is 3.62. The molecule has 1 aromatic rings. The van der Waals surface area contributed by atoms with E-state index in [0.29, 0.717) is 12.1 Å². The normalized spacial score (nSPS) is 14.1. The van der Waals surface area contributed by atoms with Gasteiger partial charge in [-0.1, -0.05) is 13.0 Å². The van der Waals surface area contributed by atoms with Crippen LogP contribution in [0.5, 0.6) is 0 Å². The van der Waals surface area contributed by atoms with Crippen molar-refractivity contribution in [1.82, 2.24) is 5.32 Å². The fraction of sp³-hybridized carbons (Fsp3) is 0.625. The lowest BCUT2D eigenvalue weighted by molar-refractivity contribution is 0.570. The summed E-state index contributed by atoms with van der Waals surface area (Å²) in [6.07, 6.45) is 3.32. The number of thioether (sulfide) groups is 1. The molecule has 0 bridgehead atoms. The highest BCUT2D eigenvalue weighted by Crippen LogP contribution is 2.30. The lowest BCUT2D eigenvalue weighted by Crippen LogP contribution is -2.31. The van der Waals surface area contributed by atoms with Crippen LogP contribution in [0.4, 0.5) is 5.69 Å². The van der Waals surface area contributed by atoms with Crippen LogP contribution in [0, 0.1) is 0 Å². The van der Waals surface area contributed by atoms with E-state index < -0.39 is 0 Å². The first-order chi connectivity index (χ1) is 9.51. The smallest absolute Gasteiger partial charge is 0.0510 e. The van der Waals surface area contributed by atoms with E-state index >= 15 is 0 Å². The SMILES string of the molecule is CCCNC(C)c1ccc(N(C)C(C)CSC)c(Br)c1. The molecule has 0 spiro atoms. The van der Waals surface area contributed by atoms with Crippen molar-refractivity contribution in [2.24, 2.45) is 0 Å². The van der Waals surface area contributed by atoms with Gasteiger partial charge < -0.3 is 10.2 Å². The number of nitrogens with zero attached hydrogens (tertiary/aromatic N) is 1. The summed E-state index contributed by atoms with van der Waals surface area (Å²) in [4.78, 5) is 2.34. The monoisotopic (exact) mass is 358 g/mol. The number of rotatable bonds is 8. The Hall–Kier alpha value is -0.190. The Kier molecular flexibility index (Phi) is 8.00. The fourth-order valence-corrected chi connectivity index (χ4v) is 3.53. The Bertz CT molecular complexity index is 411. The van der Waals surface area contributed by atoms with E-state index in [9.17, 15) is 0 Å².